The maximum atomic E-state index is 14.9. The normalized spacial score (nSPS) is 22.2. The van der Waals surface area contributed by atoms with E-state index in [1.807, 2.05) is 31.2 Å². The first-order valence-electron chi connectivity index (χ1n) is 29.6. The molecule has 3 heterocycles. The summed E-state index contributed by atoms with van der Waals surface area (Å²) >= 11 is 0. The standard InChI is InChI=1S/C63H80N12O12/c1-3-4-6-18-47-58(82)72-51(34-42-35-65-46-17-10-9-16-45(42)46)57(81)67-37-55(79)69-49(31-40-21-25-43(76)26-22-40)59(83)71-48(19-11-12-29-64)63(87)75-30-13-20-52(75)61(85)68-36-54(78)66-38-56(80)74(2)53(33-39-14-7-5-8-15-39)62(86)73-50(60(84)70-47)32-41-23-27-44(77)28-24-41/h5,7-10,14-17,21-28,35,47-53,65,76-77H,3-4,6,11-13,18-20,29-34,36-38,64H2,1-2H3,(H,66,78)(H,67,81)(H,68,85)(H,69,79)(H,70,84)(H,71,83)(H,72,82)(H,73,86)/t47-,48-,49-,50-,51-,52+,53-/m0/s1. The molecular formula is C63H80N12O12. The molecule has 24 heteroatoms. The van der Waals surface area contributed by atoms with E-state index in [9.17, 15) is 58.2 Å². The molecule has 0 saturated carbocycles. The topological polar surface area (TPSA) is 356 Å². The van der Waals surface area contributed by atoms with Gasteiger partial charge in [-0.2, -0.15) is 0 Å². The first kappa shape index (κ1) is 65.2. The number of nitrogens with two attached hydrogens (primary N) is 1. The molecule has 2 aliphatic rings. The fourth-order valence-corrected chi connectivity index (χ4v) is 10.7. The van der Waals surface area contributed by atoms with Crippen molar-refractivity contribution in [3.05, 3.63) is 132 Å². The minimum absolute atomic E-state index is 0.0371. The minimum Gasteiger partial charge on any atom is -0.508 e. The Morgan fingerprint density at radius 1 is 0.517 bits per heavy atom. The number of hydrogen-bond donors (Lipinski definition) is 12. The lowest BCUT2D eigenvalue weighted by atomic mass is 10.00. The number of para-hydroxylation sites is 1. The van der Waals surface area contributed by atoms with Crippen molar-refractivity contribution in [2.24, 2.45) is 5.73 Å². The molecule has 464 valence electrons. The Hall–Kier alpha value is -9.32. The molecule has 2 aliphatic heterocycles. The molecule has 2 saturated heterocycles. The summed E-state index contributed by atoms with van der Waals surface area (Å²) in [4.78, 5) is 149. The highest BCUT2D eigenvalue weighted by Gasteiger charge is 2.39. The summed E-state index contributed by atoms with van der Waals surface area (Å²) in [6.45, 7) is 0.496. The Morgan fingerprint density at radius 3 is 1.72 bits per heavy atom. The highest BCUT2D eigenvalue weighted by molar-refractivity contribution is 5.99. The van der Waals surface area contributed by atoms with Crippen molar-refractivity contribution in [2.45, 2.75) is 133 Å². The van der Waals surface area contributed by atoms with Crippen molar-refractivity contribution >= 4 is 70.0 Å². The Balaban J connectivity index is 1.24. The van der Waals surface area contributed by atoms with Gasteiger partial charge in [0.2, 0.25) is 59.1 Å². The molecule has 1 aromatic heterocycles. The number of carbonyl (C=O) groups is 10. The summed E-state index contributed by atoms with van der Waals surface area (Å²) < 4.78 is 0. The van der Waals surface area contributed by atoms with E-state index in [0.29, 0.717) is 54.4 Å². The number of H-pyrrole nitrogens is 1. The quantitative estimate of drug-likeness (QED) is 0.0618. The zero-order chi connectivity index (χ0) is 62.4. The Bertz CT molecular complexity index is 3190. The van der Waals surface area contributed by atoms with Gasteiger partial charge in [-0.3, -0.25) is 47.9 Å². The maximum Gasteiger partial charge on any atom is 0.245 e. The number of benzene rings is 4. The van der Waals surface area contributed by atoms with E-state index in [1.165, 1.54) is 36.2 Å². The van der Waals surface area contributed by atoms with E-state index in [1.54, 1.807) is 60.8 Å². The SMILES string of the molecule is CCCCC[C@@H]1NC(=O)[C@H](Cc2ccc(O)cc2)NC(=O)[C@H](Cc2ccccc2)N(C)C(=O)CNC(=O)CNC(=O)[C@H]2CCCN2C(=O)[C@H](CCCCN)NC(=O)[C@H](Cc2ccc(O)cc2)NC(=O)CNC(=O)[C@H](Cc2c[nH]c3ccccc23)NC1=O. The lowest BCUT2D eigenvalue weighted by Crippen LogP contribution is -2.60. The van der Waals surface area contributed by atoms with Crippen LogP contribution in [0.15, 0.2) is 109 Å². The third-order valence-corrected chi connectivity index (χ3v) is 15.6. The number of carbonyl (C=O) groups excluding carboxylic acids is 10. The van der Waals surface area contributed by atoms with Gasteiger partial charge < -0.3 is 73.3 Å². The second kappa shape index (κ2) is 32.3. The van der Waals surface area contributed by atoms with Crippen LogP contribution in [0.25, 0.3) is 10.9 Å². The lowest BCUT2D eigenvalue weighted by Gasteiger charge is -2.30. The second-order valence-corrected chi connectivity index (χ2v) is 22.1. The first-order valence-corrected chi connectivity index (χ1v) is 29.6. The number of unbranched alkanes of at least 4 members (excludes halogenated alkanes) is 3. The summed E-state index contributed by atoms with van der Waals surface area (Å²) in [7, 11) is 1.37. The number of phenols is 2. The minimum atomic E-state index is -1.40. The molecule has 87 heavy (non-hydrogen) atoms. The number of fused-ring (bicyclic) bond motifs is 2. The largest absolute Gasteiger partial charge is 0.508 e. The molecule has 7 atom stereocenters. The Labute approximate surface area is 504 Å². The molecule has 0 aliphatic carbocycles. The molecular weight excluding hydrogens is 1120 g/mol. The number of hydrogen-bond acceptors (Lipinski definition) is 13. The molecule has 5 aromatic rings. The van der Waals surface area contributed by atoms with E-state index in [2.05, 4.69) is 47.5 Å². The number of amides is 10. The average Bonchev–Trinajstić information content (AvgIpc) is 3.36. The van der Waals surface area contributed by atoms with Gasteiger partial charge in [-0.1, -0.05) is 99.0 Å². The van der Waals surface area contributed by atoms with Crippen LogP contribution in [0.4, 0.5) is 0 Å². The van der Waals surface area contributed by atoms with Gasteiger partial charge in [-0.05, 0) is 97.7 Å². The van der Waals surface area contributed by atoms with E-state index in [4.69, 9.17) is 5.73 Å². The van der Waals surface area contributed by atoms with Crippen molar-refractivity contribution < 1.29 is 58.2 Å². The number of nitrogens with zero attached hydrogens (tertiary/aromatic N) is 2. The summed E-state index contributed by atoms with van der Waals surface area (Å²) in [5.74, 6) is -7.52. The molecule has 13 N–H and O–H groups in total. The summed E-state index contributed by atoms with van der Waals surface area (Å²) in [6.07, 6.45) is 4.88. The number of aromatic amines is 1. The van der Waals surface area contributed by atoms with E-state index in [0.717, 1.165) is 22.2 Å². The van der Waals surface area contributed by atoms with E-state index in [-0.39, 0.29) is 69.5 Å². The molecule has 7 rings (SSSR count). The van der Waals surface area contributed by atoms with Crippen LogP contribution in [0, 0.1) is 0 Å². The van der Waals surface area contributed by atoms with E-state index >= 15 is 0 Å². The molecule has 0 radical (unpaired) electrons. The van der Waals surface area contributed by atoms with Crippen LogP contribution < -0.4 is 48.3 Å². The number of phenolic OH excluding ortho intramolecular Hbond substituents is 2. The van der Waals surface area contributed by atoms with Crippen LogP contribution in [-0.4, -0.2) is 166 Å². The van der Waals surface area contributed by atoms with Crippen LogP contribution in [0.5, 0.6) is 11.5 Å². The summed E-state index contributed by atoms with van der Waals surface area (Å²) in [5.41, 5.74) is 8.89. The molecule has 4 aromatic carbocycles. The molecule has 10 amide bonds. The molecule has 0 spiro atoms. The zero-order valence-corrected chi connectivity index (χ0v) is 49.1. The van der Waals surface area contributed by atoms with Crippen molar-refractivity contribution in [2.75, 3.05) is 39.8 Å². The summed E-state index contributed by atoms with van der Waals surface area (Å²) in [6, 6.07) is 19.1. The third kappa shape index (κ3) is 19.1. The summed E-state index contributed by atoms with van der Waals surface area (Å²) in [5, 5.41) is 42.6. The van der Waals surface area contributed by atoms with Gasteiger partial charge in [0.1, 0.15) is 53.8 Å². The fraction of sp³-hybridized carbons (Fsp3) is 0.429. The number of rotatable bonds is 16. The van der Waals surface area contributed by atoms with Gasteiger partial charge in [0.15, 0.2) is 0 Å². The van der Waals surface area contributed by atoms with Crippen LogP contribution in [0.3, 0.4) is 0 Å². The van der Waals surface area contributed by atoms with Crippen molar-refractivity contribution in [1.29, 1.82) is 0 Å². The zero-order valence-electron chi connectivity index (χ0n) is 49.1. The number of aromatic nitrogens is 1. The first-order chi connectivity index (χ1) is 41.9. The molecule has 0 bridgehead atoms. The smallest absolute Gasteiger partial charge is 0.245 e. The second-order valence-electron chi connectivity index (χ2n) is 22.1. The third-order valence-electron chi connectivity index (χ3n) is 15.6. The van der Waals surface area contributed by atoms with E-state index < -0.39 is 121 Å². The maximum absolute atomic E-state index is 14.9. The van der Waals surface area contributed by atoms with Gasteiger partial charge in [0, 0.05) is 56.4 Å². The monoisotopic (exact) mass is 1200 g/mol. The number of nitrogens with one attached hydrogen (secondary N) is 9. The lowest BCUT2D eigenvalue weighted by molar-refractivity contribution is -0.142. The average molecular weight is 1200 g/mol. The molecule has 24 nitrogen and oxygen atoms in total. The molecule has 0 unspecified atom stereocenters. The Morgan fingerprint density at radius 2 is 1.06 bits per heavy atom. The highest BCUT2D eigenvalue weighted by Crippen LogP contribution is 2.23. The number of aromatic hydroxyl groups is 2. The van der Waals surface area contributed by atoms with Gasteiger partial charge in [-0.25, -0.2) is 0 Å². The van der Waals surface area contributed by atoms with Crippen molar-refractivity contribution in [3.8, 4) is 11.5 Å². The van der Waals surface area contributed by atoms with Gasteiger partial charge in [0.05, 0.1) is 19.6 Å². The van der Waals surface area contributed by atoms with Gasteiger partial charge >= 0.3 is 0 Å². The predicted molar refractivity (Wildman–Crippen MR) is 323 cm³/mol. The van der Waals surface area contributed by atoms with Crippen LogP contribution >= 0.6 is 0 Å². The van der Waals surface area contributed by atoms with Crippen LogP contribution in [-0.2, 0) is 73.6 Å². The molecule has 2 fully saturated rings. The van der Waals surface area contributed by atoms with Crippen LogP contribution in [0.1, 0.15) is 87.0 Å². The fourth-order valence-electron chi connectivity index (χ4n) is 10.7. The Kier molecular flexibility index (Phi) is 24.2. The predicted octanol–water partition coefficient (Wildman–Crippen LogP) is 1.16. The van der Waals surface area contributed by atoms with Gasteiger partial charge in [-0.15, -0.1) is 0 Å². The van der Waals surface area contributed by atoms with Crippen molar-refractivity contribution in [1.82, 2.24) is 57.3 Å². The number of likely N-dealkylation sites (N-methyl/N-ethyl adjacent to an activating group) is 1. The van der Waals surface area contributed by atoms with Crippen LogP contribution in [0.2, 0.25) is 0 Å². The highest BCUT2D eigenvalue weighted by atomic mass is 16.3. The van der Waals surface area contributed by atoms with Crippen molar-refractivity contribution in [3.63, 3.8) is 0 Å². The van der Waals surface area contributed by atoms with Gasteiger partial charge in [0.25, 0.3) is 0 Å².